The van der Waals surface area contributed by atoms with Crippen molar-refractivity contribution in [3.05, 3.63) is 52.3 Å². The van der Waals surface area contributed by atoms with Gasteiger partial charge >= 0.3 is 6.09 Å². The summed E-state index contributed by atoms with van der Waals surface area (Å²) in [6.07, 6.45) is 3.38. The van der Waals surface area contributed by atoms with Crippen molar-refractivity contribution < 1.29 is 23.5 Å². The van der Waals surface area contributed by atoms with E-state index in [1.165, 1.54) is 13.0 Å². The van der Waals surface area contributed by atoms with Crippen molar-refractivity contribution >= 4 is 35.6 Å². The number of nitrogens with zero attached hydrogens (tertiary/aromatic N) is 2. The van der Waals surface area contributed by atoms with Gasteiger partial charge in [0.15, 0.2) is 0 Å². The number of anilines is 1. The maximum atomic E-state index is 15.0. The summed E-state index contributed by atoms with van der Waals surface area (Å²) in [6, 6.07) is 8.64. The lowest BCUT2D eigenvalue weighted by Crippen LogP contribution is -2.38. The molecule has 1 aliphatic heterocycles. The number of hydrogen-bond acceptors (Lipinski definition) is 4. The zero-order chi connectivity index (χ0) is 26.5. The van der Waals surface area contributed by atoms with Crippen LogP contribution in [0.1, 0.15) is 58.1 Å². The molecule has 36 heavy (non-hydrogen) atoms. The number of carbonyl (C=O) groups excluding carboxylic acids is 3. The van der Waals surface area contributed by atoms with Gasteiger partial charge < -0.3 is 19.3 Å². The summed E-state index contributed by atoms with van der Waals surface area (Å²) in [5.74, 6) is -0.440. The standard InChI is InChI=1S/C28H34ClFN2O4/c1-19(34)32-14-11-22-16-20(8-9-26(22)32)23-17-21(24(29)18-25(23)30)10-13-31(12-6-5-7-15-33)27(35)36-28(2,3)4/h8-9,15-18H,5-7,10-14H2,1-4H3. The van der Waals surface area contributed by atoms with Crippen LogP contribution in [0, 0.1) is 5.82 Å². The molecule has 194 valence electrons. The zero-order valence-corrected chi connectivity index (χ0v) is 22.2. The van der Waals surface area contributed by atoms with Crippen molar-refractivity contribution in [1.82, 2.24) is 4.90 Å². The summed E-state index contributed by atoms with van der Waals surface area (Å²) in [6.45, 7) is 8.39. The molecule has 3 rings (SSSR count). The van der Waals surface area contributed by atoms with E-state index in [4.69, 9.17) is 16.3 Å². The smallest absolute Gasteiger partial charge is 0.410 e. The molecule has 0 saturated heterocycles. The predicted molar refractivity (Wildman–Crippen MR) is 140 cm³/mol. The van der Waals surface area contributed by atoms with Crippen LogP contribution in [0.15, 0.2) is 30.3 Å². The van der Waals surface area contributed by atoms with Crippen molar-refractivity contribution in [3.8, 4) is 11.1 Å². The second-order valence-corrected chi connectivity index (χ2v) is 10.5. The summed E-state index contributed by atoms with van der Waals surface area (Å²) in [5.41, 5.74) is 3.10. The van der Waals surface area contributed by atoms with E-state index in [0.717, 1.165) is 29.5 Å². The minimum Gasteiger partial charge on any atom is -0.444 e. The number of fused-ring (bicyclic) bond motifs is 1. The highest BCUT2D eigenvalue weighted by Crippen LogP contribution is 2.35. The number of ether oxygens (including phenoxy) is 1. The van der Waals surface area contributed by atoms with Gasteiger partial charge in [-0.2, -0.15) is 0 Å². The van der Waals surface area contributed by atoms with Crippen molar-refractivity contribution in [1.29, 1.82) is 0 Å². The Morgan fingerprint density at radius 3 is 2.58 bits per heavy atom. The quantitative estimate of drug-likeness (QED) is 0.294. The molecule has 0 saturated carbocycles. The number of carbonyl (C=O) groups is 3. The van der Waals surface area contributed by atoms with Crippen LogP contribution in [0.2, 0.25) is 5.02 Å². The summed E-state index contributed by atoms with van der Waals surface area (Å²) in [5, 5.41) is 0.297. The highest BCUT2D eigenvalue weighted by molar-refractivity contribution is 6.31. The molecule has 0 bridgehead atoms. The number of unbranched alkanes of at least 4 members (excludes halogenated alkanes) is 2. The zero-order valence-electron chi connectivity index (χ0n) is 21.4. The molecule has 8 heteroatoms. The molecule has 0 atom stereocenters. The number of rotatable bonds is 9. The minimum atomic E-state index is -0.635. The van der Waals surface area contributed by atoms with E-state index in [9.17, 15) is 18.8 Å². The average molecular weight is 517 g/mol. The minimum absolute atomic E-state index is 0.0119. The van der Waals surface area contributed by atoms with Crippen LogP contribution < -0.4 is 4.90 Å². The Morgan fingerprint density at radius 1 is 1.17 bits per heavy atom. The SMILES string of the molecule is CC(=O)N1CCc2cc(-c3cc(CCN(CCCCC=O)C(=O)OC(C)(C)C)c(Cl)cc3F)ccc21. The predicted octanol–water partition coefficient (Wildman–Crippen LogP) is 6.20. The topological polar surface area (TPSA) is 66.9 Å². The first-order chi connectivity index (χ1) is 17.0. The first-order valence-corrected chi connectivity index (χ1v) is 12.7. The molecule has 6 nitrogen and oxygen atoms in total. The number of hydrogen-bond donors (Lipinski definition) is 0. The fourth-order valence-corrected chi connectivity index (χ4v) is 4.55. The van der Waals surface area contributed by atoms with Crippen molar-refractivity contribution in [3.63, 3.8) is 0 Å². The van der Waals surface area contributed by atoms with Crippen LogP contribution in [-0.2, 0) is 27.2 Å². The molecule has 1 heterocycles. The fourth-order valence-electron chi connectivity index (χ4n) is 4.31. The molecule has 2 amide bonds. The summed E-state index contributed by atoms with van der Waals surface area (Å²) < 4.78 is 20.5. The lowest BCUT2D eigenvalue weighted by Gasteiger charge is -2.27. The van der Waals surface area contributed by atoms with Gasteiger partial charge in [0.05, 0.1) is 0 Å². The highest BCUT2D eigenvalue weighted by atomic mass is 35.5. The van der Waals surface area contributed by atoms with Gasteiger partial charge in [0.25, 0.3) is 0 Å². The van der Waals surface area contributed by atoms with Crippen LogP contribution in [0.5, 0.6) is 0 Å². The first-order valence-electron chi connectivity index (χ1n) is 12.3. The molecule has 0 aliphatic carbocycles. The summed E-state index contributed by atoms with van der Waals surface area (Å²) >= 11 is 6.39. The lowest BCUT2D eigenvalue weighted by molar-refractivity contribution is -0.116. The van der Waals surface area contributed by atoms with Gasteiger partial charge in [0.2, 0.25) is 5.91 Å². The Hall–Kier alpha value is -2.93. The van der Waals surface area contributed by atoms with E-state index in [-0.39, 0.29) is 5.91 Å². The molecule has 0 aromatic heterocycles. The molecule has 1 aliphatic rings. The molecule has 0 radical (unpaired) electrons. The highest BCUT2D eigenvalue weighted by Gasteiger charge is 2.24. The second-order valence-electron chi connectivity index (χ2n) is 10.1. The summed E-state index contributed by atoms with van der Waals surface area (Å²) in [7, 11) is 0. The summed E-state index contributed by atoms with van der Waals surface area (Å²) in [4.78, 5) is 38.6. The third-order valence-electron chi connectivity index (χ3n) is 6.10. The number of aldehydes is 1. The van der Waals surface area contributed by atoms with E-state index in [0.29, 0.717) is 61.5 Å². The van der Waals surface area contributed by atoms with E-state index in [1.54, 1.807) is 15.9 Å². The third kappa shape index (κ3) is 7.06. The molecule has 2 aromatic rings. The molecular weight excluding hydrogens is 483 g/mol. The van der Waals surface area contributed by atoms with E-state index in [1.807, 2.05) is 39.0 Å². The maximum absolute atomic E-state index is 15.0. The maximum Gasteiger partial charge on any atom is 0.410 e. The Balaban J connectivity index is 1.80. The van der Waals surface area contributed by atoms with Gasteiger partial charge in [-0.25, -0.2) is 9.18 Å². The normalized spacial score (nSPS) is 12.9. The number of benzene rings is 2. The van der Waals surface area contributed by atoms with Crippen LogP contribution in [-0.4, -0.2) is 48.4 Å². The Bertz CT molecular complexity index is 1130. The van der Waals surface area contributed by atoms with Crippen LogP contribution >= 0.6 is 11.6 Å². The number of amides is 2. The lowest BCUT2D eigenvalue weighted by atomic mass is 9.98. The van der Waals surface area contributed by atoms with E-state index in [2.05, 4.69) is 0 Å². The molecule has 0 unspecified atom stereocenters. The van der Waals surface area contributed by atoms with Crippen LogP contribution in [0.4, 0.5) is 14.9 Å². The second kappa shape index (κ2) is 11.9. The molecular formula is C28H34ClFN2O4. The molecule has 0 N–H and O–H groups in total. The molecule has 0 fully saturated rings. The van der Waals surface area contributed by atoms with Gasteiger partial charge in [-0.05, 0) is 87.4 Å². The monoisotopic (exact) mass is 516 g/mol. The van der Waals surface area contributed by atoms with Gasteiger partial charge in [0, 0.05) is 49.3 Å². The third-order valence-corrected chi connectivity index (χ3v) is 6.46. The average Bonchev–Trinajstić information content (AvgIpc) is 3.22. The van der Waals surface area contributed by atoms with Gasteiger partial charge in [0.1, 0.15) is 17.7 Å². The van der Waals surface area contributed by atoms with Crippen molar-refractivity contribution in [2.45, 2.75) is 65.4 Å². The van der Waals surface area contributed by atoms with Gasteiger partial charge in [-0.1, -0.05) is 17.7 Å². The van der Waals surface area contributed by atoms with E-state index >= 15 is 0 Å². The fraction of sp³-hybridized carbons (Fsp3) is 0.464. The molecule has 0 spiro atoms. The van der Waals surface area contributed by atoms with Crippen LogP contribution in [0.3, 0.4) is 0 Å². The first kappa shape index (κ1) is 27.7. The van der Waals surface area contributed by atoms with E-state index < -0.39 is 17.5 Å². The van der Waals surface area contributed by atoms with Gasteiger partial charge in [-0.3, -0.25) is 4.79 Å². The number of halogens is 2. The van der Waals surface area contributed by atoms with Crippen LogP contribution in [0.25, 0.3) is 11.1 Å². The Morgan fingerprint density at radius 2 is 1.92 bits per heavy atom. The van der Waals surface area contributed by atoms with Crippen molar-refractivity contribution in [2.75, 3.05) is 24.5 Å². The molecule has 2 aromatic carbocycles. The largest absolute Gasteiger partial charge is 0.444 e. The van der Waals surface area contributed by atoms with Gasteiger partial charge in [-0.15, -0.1) is 0 Å². The van der Waals surface area contributed by atoms with Crippen molar-refractivity contribution in [2.24, 2.45) is 0 Å². The Kier molecular flexibility index (Phi) is 9.12. The Labute approximate surface area is 217 Å².